The first-order chi connectivity index (χ1) is 7.90. The highest BCUT2D eigenvalue weighted by atomic mass is 32.1. The van der Waals surface area contributed by atoms with Gasteiger partial charge in [-0.25, -0.2) is 0 Å². The van der Waals surface area contributed by atoms with E-state index < -0.39 is 0 Å². The van der Waals surface area contributed by atoms with Gasteiger partial charge in [-0.1, -0.05) is 13.5 Å². The molecule has 5 heteroatoms. The van der Waals surface area contributed by atoms with Crippen LogP contribution < -0.4 is 16.3 Å². The molecule has 3 unspecified atom stereocenters. The minimum atomic E-state index is 0.0993. The second kappa shape index (κ2) is 4.55. The van der Waals surface area contributed by atoms with Crippen LogP contribution in [0.15, 0.2) is 23.4 Å². The third-order valence-corrected chi connectivity index (χ3v) is 4.22. The molecule has 1 fully saturated rings. The van der Waals surface area contributed by atoms with E-state index in [2.05, 4.69) is 55.5 Å². The van der Waals surface area contributed by atoms with Crippen molar-refractivity contribution >= 4 is 12.6 Å². The summed E-state index contributed by atoms with van der Waals surface area (Å²) in [6.07, 6.45) is 4.19. The molecule has 0 spiro atoms. The van der Waals surface area contributed by atoms with E-state index in [1.165, 1.54) is 5.70 Å². The molecule has 0 saturated carbocycles. The van der Waals surface area contributed by atoms with Gasteiger partial charge in [0.15, 0.2) is 0 Å². The van der Waals surface area contributed by atoms with E-state index >= 15 is 0 Å². The van der Waals surface area contributed by atoms with Gasteiger partial charge in [0.25, 0.3) is 0 Å². The third kappa shape index (κ3) is 2.61. The lowest BCUT2D eigenvalue weighted by atomic mass is 9.74. The number of hydrazine groups is 2. The average molecular weight is 254 g/mol. The largest absolute Gasteiger partial charge is 0.306 e. The Morgan fingerprint density at radius 3 is 2.82 bits per heavy atom. The summed E-state index contributed by atoms with van der Waals surface area (Å²) in [5.74, 6) is 0. The topological polar surface area (TPSA) is 39.3 Å². The number of rotatable bonds is 2. The zero-order valence-electron chi connectivity index (χ0n) is 10.7. The Hall–Kier alpha value is -0.650. The molecular weight excluding hydrogens is 232 g/mol. The van der Waals surface area contributed by atoms with Crippen molar-refractivity contribution in [3.63, 3.8) is 0 Å². The van der Waals surface area contributed by atoms with E-state index in [0.717, 1.165) is 17.7 Å². The Morgan fingerprint density at radius 2 is 2.29 bits per heavy atom. The molecule has 0 aromatic heterocycles. The van der Waals surface area contributed by atoms with E-state index in [9.17, 15) is 0 Å². The standard InChI is InChI=1S/C12H22N4S/c1-8-5-12(3,9(2)17)6-10(13-8)11-7-16(4)15-14-11/h7-8,10,13-15,17H,2,5-6H2,1,3-4H3. The van der Waals surface area contributed by atoms with Gasteiger partial charge in [0, 0.05) is 24.7 Å². The summed E-state index contributed by atoms with van der Waals surface area (Å²) in [6.45, 7) is 8.50. The van der Waals surface area contributed by atoms with E-state index in [1.54, 1.807) is 0 Å². The lowest BCUT2D eigenvalue weighted by Crippen LogP contribution is -2.51. The van der Waals surface area contributed by atoms with Crippen LogP contribution in [-0.2, 0) is 0 Å². The molecule has 2 aliphatic rings. The van der Waals surface area contributed by atoms with Crippen LogP contribution in [0.2, 0.25) is 0 Å². The van der Waals surface area contributed by atoms with Crippen molar-refractivity contribution in [3.8, 4) is 0 Å². The molecule has 4 nitrogen and oxygen atoms in total. The fourth-order valence-electron chi connectivity index (χ4n) is 2.71. The van der Waals surface area contributed by atoms with Crippen LogP contribution in [0.3, 0.4) is 0 Å². The normalized spacial score (nSPS) is 37.6. The number of nitrogens with zero attached hydrogens (tertiary/aromatic N) is 1. The maximum absolute atomic E-state index is 4.48. The molecule has 0 amide bonds. The van der Waals surface area contributed by atoms with Gasteiger partial charge in [0.2, 0.25) is 0 Å². The van der Waals surface area contributed by atoms with Crippen molar-refractivity contribution in [2.75, 3.05) is 7.05 Å². The summed E-state index contributed by atoms with van der Waals surface area (Å²) in [4.78, 5) is 0.982. The predicted octanol–water partition coefficient (Wildman–Crippen LogP) is 1.37. The Bertz CT molecular complexity index is 354. The van der Waals surface area contributed by atoms with Gasteiger partial charge < -0.3 is 10.7 Å². The first-order valence-corrected chi connectivity index (χ1v) is 6.46. The van der Waals surface area contributed by atoms with Crippen molar-refractivity contribution in [1.82, 2.24) is 21.3 Å². The van der Waals surface area contributed by atoms with Gasteiger partial charge in [-0.2, -0.15) is 0 Å². The van der Waals surface area contributed by atoms with Crippen molar-refractivity contribution in [2.45, 2.75) is 38.8 Å². The fourth-order valence-corrected chi connectivity index (χ4v) is 2.89. The fraction of sp³-hybridized carbons (Fsp3) is 0.667. The number of thiol groups is 1. The molecule has 2 heterocycles. The smallest absolute Gasteiger partial charge is 0.0623 e. The van der Waals surface area contributed by atoms with Crippen molar-refractivity contribution in [1.29, 1.82) is 0 Å². The molecular formula is C12H22N4S. The Kier molecular flexibility index (Phi) is 3.43. The quantitative estimate of drug-likeness (QED) is 0.562. The highest BCUT2D eigenvalue weighted by molar-refractivity contribution is 7.84. The third-order valence-electron chi connectivity index (χ3n) is 3.68. The zero-order valence-corrected chi connectivity index (χ0v) is 11.6. The van der Waals surface area contributed by atoms with Gasteiger partial charge in [-0.15, -0.1) is 18.2 Å². The molecule has 0 radical (unpaired) electrons. The maximum Gasteiger partial charge on any atom is 0.0623 e. The van der Waals surface area contributed by atoms with E-state index in [0.29, 0.717) is 12.1 Å². The predicted molar refractivity (Wildman–Crippen MR) is 74.0 cm³/mol. The highest BCUT2D eigenvalue weighted by Crippen LogP contribution is 2.42. The lowest BCUT2D eigenvalue weighted by molar-refractivity contribution is 0.208. The Morgan fingerprint density at radius 1 is 1.59 bits per heavy atom. The molecule has 2 rings (SSSR count). The molecule has 2 aliphatic heterocycles. The summed E-state index contributed by atoms with van der Waals surface area (Å²) in [5.41, 5.74) is 7.52. The van der Waals surface area contributed by atoms with Crippen LogP contribution in [0.25, 0.3) is 0 Å². The van der Waals surface area contributed by atoms with Gasteiger partial charge in [-0.3, -0.25) is 5.01 Å². The first-order valence-electron chi connectivity index (χ1n) is 6.01. The van der Waals surface area contributed by atoms with Crippen molar-refractivity contribution < 1.29 is 0 Å². The van der Waals surface area contributed by atoms with Crippen LogP contribution in [0.4, 0.5) is 0 Å². The van der Waals surface area contributed by atoms with Gasteiger partial charge in [-0.05, 0) is 24.7 Å². The monoisotopic (exact) mass is 254 g/mol. The van der Waals surface area contributed by atoms with Crippen LogP contribution in [0.1, 0.15) is 26.7 Å². The number of nitrogens with one attached hydrogen (secondary N) is 3. The molecule has 96 valence electrons. The van der Waals surface area contributed by atoms with E-state index in [1.807, 2.05) is 12.1 Å². The lowest BCUT2D eigenvalue weighted by Gasteiger charge is -2.42. The summed E-state index contributed by atoms with van der Waals surface area (Å²) >= 11 is 4.48. The number of piperidine rings is 1. The maximum atomic E-state index is 4.48. The second-order valence-electron chi connectivity index (χ2n) is 5.47. The number of hydrogen-bond acceptors (Lipinski definition) is 5. The number of hydrogen-bond donors (Lipinski definition) is 4. The molecule has 1 saturated heterocycles. The van der Waals surface area contributed by atoms with Gasteiger partial charge in [0.1, 0.15) is 0 Å². The van der Waals surface area contributed by atoms with Gasteiger partial charge in [0.05, 0.1) is 11.7 Å². The summed E-state index contributed by atoms with van der Waals surface area (Å²) in [7, 11) is 1.98. The van der Waals surface area contributed by atoms with Crippen LogP contribution in [0, 0.1) is 5.41 Å². The average Bonchev–Trinajstić information content (AvgIpc) is 2.63. The van der Waals surface area contributed by atoms with Crippen LogP contribution in [-0.4, -0.2) is 24.1 Å². The molecule has 0 bridgehead atoms. The number of allylic oxidation sites excluding steroid dienone is 1. The van der Waals surface area contributed by atoms with Crippen LogP contribution >= 0.6 is 12.6 Å². The van der Waals surface area contributed by atoms with Crippen LogP contribution in [0.5, 0.6) is 0 Å². The zero-order chi connectivity index (χ0) is 12.6. The van der Waals surface area contributed by atoms with E-state index in [4.69, 9.17) is 0 Å². The van der Waals surface area contributed by atoms with Gasteiger partial charge >= 0.3 is 0 Å². The molecule has 0 aromatic rings. The van der Waals surface area contributed by atoms with Crippen molar-refractivity contribution in [3.05, 3.63) is 23.4 Å². The minimum Gasteiger partial charge on any atom is -0.306 e. The SMILES string of the molecule is C=C(S)C1(C)CC(C)NC(C2=CN(C)NN2)C1. The Balaban J connectivity index is 2.14. The first kappa shape index (κ1) is 12.8. The summed E-state index contributed by atoms with van der Waals surface area (Å²) in [6, 6.07) is 0.793. The van der Waals surface area contributed by atoms with E-state index in [-0.39, 0.29) is 5.41 Å². The molecule has 3 N–H and O–H groups in total. The molecule has 0 aromatic carbocycles. The van der Waals surface area contributed by atoms with Crippen molar-refractivity contribution in [2.24, 2.45) is 5.41 Å². The minimum absolute atomic E-state index is 0.0993. The molecule has 0 aliphatic carbocycles. The molecule has 3 atom stereocenters. The molecule has 17 heavy (non-hydrogen) atoms. The Labute approximate surface area is 109 Å². The summed E-state index contributed by atoms with van der Waals surface area (Å²) < 4.78 is 0. The highest BCUT2D eigenvalue weighted by Gasteiger charge is 2.38. The second-order valence-corrected chi connectivity index (χ2v) is 6.01. The summed E-state index contributed by atoms with van der Waals surface area (Å²) in [5, 5.41) is 5.54.